The van der Waals surface area contributed by atoms with E-state index >= 15 is 0 Å². The lowest BCUT2D eigenvalue weighted by Gasteiger charge is -2.16. The van der Waals surface area contributed by atoms with E-state index in [4.69, 9.17) is 0 Å². The van der Waals surface area contributed by atoms with Crippen molar-refractivity contribution in [2.24, 2.45) is 5.10 Å². The average Bonchev–Trinajstić information content (AvgIpc) is 2.95. The number of nitrogens with zero attached hydrogens (tertiary/aromatic N) is 2. The number of hydrazone groups is 1. The molecule has 0 saturated heterocycles. The number of nitrogens with one attached hydrogen (secondary N) is 1. The molecule has 2 aromatic carbocycles. The van der Waals surface area contributed by atoms with Crippen LogP contribution in [0, 0.1) is 0 Å². The Morgan fingerprint density at radius 1 is 0.963 bits per heavy atom. The Bertz CT molecular complexity index is 940. The molecule has 6 nitrogen and oxygen atoms in total. The molecule has 0 aliphatic carbocycles. The van der Waals surface area contributed by atoms with Crippen molar-refractivity contribution in [3.8, 4) is 0 Å². The maximum absolute atomic E-state index is 12.8. The van der Waals surface area contributed by atoms with Gasteiger partial charge in [0.25, 0.3) is 15.9 Å². The van der Waals surface area contributed by atoms with Crippen LogP contribution in [-0.4, -0.2) is 26.6 Å². The summed E-state index contributed by atoms with van der Waals surface area (Å²) in [4.78, 5) is 16.8. The molecule has 0 aromatic heterocycles. The molecule has 0 atom stereocenters. The number of hydrogen-bond acceptors (Lipinski definition) is 4. The van der Waals surface area contributed by atoms with E-state index in [1.807, 2.05) is 18.2 Å². The molecule has 3 rings (SSSR count). The predicted octanol–water partition coefficient (Wildman–Crippen LogP) is 3.30. The van der Waals surface area contributed by atoms with Crippen molar-refractivity contribution in [3.05, 3.63) is 60.2 Å². The van der Waals surface area contributed by atoms with Crippen LogP contribution in [0.15, 0.2) is 64.6 Å². The summed E-state index contributed by atoms with van der Waals surface area (Å²) in [6.07, 6.45) is 4.20. The molecule has 2 aromatic rings. The van der Waals surface area contributed by atoms with Crippen LogP contribution in [0.4, 0.5) is 5.69 Å². The molecule has 27 heavy (non-hydrogen) atoms. The van der Waals surface area contributed by atoms with Gasteiger partial charge < -0.3 is 4.90 Å². The van der Waals surface area contributed by atoms with Crippen LogP contribution in [0.2, 0.25) is 0 Å². The molecule has 0 spiro atoms. The highest BCUT2D eigenvalue weighted by molar-refractivity contribution is 7.89. The van der Waals surface area contributed by atoms with Crippen molar-refractivity contribution in [2.75, 3.05) is 11.4 Å². The largest absolute Gasteiger partial charge is 0.306 e. The topological polar surface area (TPSA) is 78.8 Å². The van der Waals surface area contributed by atoms with Gasteiger partial charge in [0.2, 0.25) is 0 Å². The van der Waals surface area contributed by atoms with Crippen molar-refractivity contribution < 1.29 is 13.2 Å². The van der Waals surface area contributed by atoms with Gasteiger partial charge in [-0.1, -0.05) is 62.6 Å². The fraction of sp³-hybridized carbons (Fsp3) is 0.300. The lowest BCUT2D eigenvalue weighted by molar-refractivity contribution is -0.112. The minimum Gasteiger partial charge on any atom is -0.306 e. The summed E-state index contributed by atoms with van der Waals surface area (Å²) in [5.41, 5.74) is 1.55. The Labute approximate surface area is 159 Å². The average molecular weight is 385 g/mol. The van der Waals surface area contributed by atoms with E-state index in [9.17, 15) is 13.2 Å². The Morgan fingerprint density at radius 2 is 1.67 bits per heavy atom. The molecule has 0 fully saturated rings. The van der Waals surface area contributed by atoms with Gasteiger partial charge in [0.05, 0.1) is 10.6 Å². The molecule has 1 aliphatic rings. The van der Waals surface area contributed by atoms with Gasteiger partial charge in [-0.3, -0.25) is 4.79 Å². The number of sulfonamides is 1. The molecule has 0 bridgehead atoms. The minimum atomic E-state index is -3.82. The molecule has 142 valence electrons. The summed E-state index contributed by atoms with van der Waals surface area (Å²) in [7, 11) is -3.82. The zero-order chi connectivity index (χ0) is 19.3. The van der Waals surface area contributed by atoms with Crippen molar-refractivity contribution in [1.82, 2.24) is 4.83 Å². The second-order valence-electron chi connectivity index (χ2n) is 6.40. The van der Waals surface area contributed by atoms with Gasteiger partial charge in [-0.05, 0) is 24.6 Å². The van der Waals surface area contributed by atoms with E-state index in [2.05, 4.69) is 16.9 Å². The molecule has 0 saturated carbocycles. The quantitative estimate of drug-likeness (QED) is 0.559. The fourth-order valence-corrected chi connectivity index (χ4v) is 3.88. The summed E-state index contributed by atoms with van der Waals surface area (Å²) in [6.45, 7) is 2.74. The van der Waals surface area contributed by atoms with Crippen LogP contribution in [-0.2, 0) is 14.8 Å². The standard InChI is InChI=1S/C20H23N3O3S/c1-2-3-4-10-15-23-18-14-9-8-13-17(18)19(20(23)24)21-22-27(25,26)16-11-6-5-7-12-16/h5-9,11-14,22H,2-4,10,15H2,1H3. The van der Waals surface area contributed by atoms with Gasteiger partial charge in [-0.25, -0.2) is 0 Å². The summed E-state index contributed by atoms with van der Waals surface area (Å²) >= 11 is 0. The van der Waals surface area contributed by atoms with Crippen LogP contribution in [0.5, 0.6) is 0 Å². The second kappa shape index (κ2) is 8.35. The predicted molar refractivity (Wildman–Crippen MR) is 106 cm³/mol. The summed E-state index contributed by atoms with van der Waals surface area (Å²) in [5, 5.41) is 3.98. The maximum Gasteiger partial charge on any atom is 0.279 e. The molecule has 1 amide bonds. The summed E-state index contributed by atoms with van der Waals surface area (Å²) in [5.74, 6) is -0.275. The molecule has 1 N–H and O–H groups in total. The number of hydrogen-bond donors (Lipinski definition) is 1. The molecule has 7 heteroatoms. The Hall–Kier alpha value is -2.67. The van der Waals surface area contributed by atoms with Crippen LogP contribution in [0.3, 0.4) is 0 Å². The maximum atomic E-state index is 12.8. The molecule has 0 radical (unpaired) electrons. The minimum absolute atomic E-state index is 0.101. The van der Waals surface area contributed by atoms with Crippen molar-refractivity contribution in [1.29, 1.82) is 0 Å². The van der Waals surface area contributed by atoms with Crippen LogP contribution >= 0.6 is 0 Å². The first-order valence-electron chi connectivity index (χ1n) is 9.10. The molecular weight excluding hydrogens is 362 g/mol. The number of amides is 1. The van der Waals surface area contributed by atoms with Crippen molar-refractivity contribution in [3.63, 3.8) is 0 Å². The zero-order valence-electron chi connectivity index (χ0n) is 15.3. The van der Waals surface area contributed by atoms with Crippen LogP contribution < -0.4 is 9.73 Å². The highest BCUT2D eigenvalue weighted by Crippen LogP contribution is 2.29. The summed E-state index contributed by atoms with van der Waals surface area (Å²) < 4.78 is 24.8. The number of anilines is 1. The third-order valence-corrected chi connectivity index (χ3v) is 5.69. The van der Waals surface area contributed by atoms with E-state index in [1.165, 1.54) is 12.1 Å². The molecule has 1 heterocycles. The number of rotatable bonds is 8. The second-order valence-corrected chi connectivity index (χ2v) is 8.06. The smallest absolute Gasteiger partial charge is 0.279 e. The van der Waals surface area contributed by atoms with Gasteiger partial charge in [0, 0.05) is 12.1 Å². The van der Waals surface area contributed by atoms with Gasteiger partial charge in [0.1, 0.15) is 0 Å². The third-order valence-electron chi connectivity index (χ3n) is 4.46. The number of carbonyl (C=O) groups excluding carboxylic acids is 1. The van der Waals surface area contributed by atoms with Crippen LogP contribution in [0.1, 0.15) is 38.2 Å². The lowest BCUT2D eigenvalue weighted by atomic mass is 10.1. The Balaban J connectivity index is 1.83. The van der Waals surface area contributed by atoms with E-state index < -0.39 is 10.0 Å². The van der Waals surface area contributed by atoms with Crippen molar-refractivity contribution >= 4 is 27.3 Å². The number of fused-ring (bicyclic) bond motifs is 1. The fourth-order valence-electron chi connectivity index (χ4n) is 3.05. The Morgan fingerprint density at radius 3 is 2.41 bits per heavy atom. The first-order chi connectivity index (χ1) is 13.0. The van der Waals surface area contributed by atoms with Gasteiger partial charge in [0.15, 0.2) is 5.71 Å². The normalized spacial score (nSPS) is 15.2. The van der Waals surface area contributed by atoms with Crippen molar-refractivity contribution in [2.45, 2.75) is 37.5 Å². The number of para-hydroxylation sites is 1. The van der Waals surface area contributed by atoms with Gasteiger partial charge >= 0.3 is 0 Å². The van der Waals surface area contributed by atoms with Gasteiger partial charge in [-0.2, -0.15) is 18.4 Å². The third kappa shape index (κ3) is 4.19. The number of carbonyl (C=O) groups is 1. The van der Waals surface area contributed by atoms with E-state index in [0.717, 1.165) is 31.4 Å². The van der Waals surface area contributed by atoms with Gasteiger partial charge in [-0.15, -0.1) is 0 Å². The SMILES string of the molecule is CCCCCCN1C(=O)C(=NNS(=O)(=O)c2ccccc2)c2ccccc21. The van der Waals surface area contributed by atoms with Crippen LogP contribution in [0.25, 0.3) is 0 Å². The number of unbranched alkanes of at least 4 members (excludes halogenated alkanes) is 3. The van der Waals surface area contributed by atoms with E-state index in [-0.39, 0.29) is 16.5 Å². The molecular formula is C20H23N3O3S. The Kier molecular flexibility index (Phi) is 5.91. The first-order valence-corrected chi connectivity index (χ1v) is 10.6. The molecule has 0 unspecified atom stereocenters. The highest BCUT2D eigenvalue weighted by atomic mass is 32.2. The monoisotopic (exact) mass is 385 g/mol. The summed E-state index contributed by atoms with van der Waals surface area (Å²) in [6, 6.07) is 15.3. The highest BCUT2D eigenvalue weighted by Gasteiger charge is 2.33. The zero-order valence-corrected chi connectivity index (χ0v) is 16.1. The van der Waals surface area contributed by atoms with E-state index in [1.54, 1.807) is 29.2 Å². The lowest BCUT2D eigenvalue weighted by Crippen LogP contribution is -2.32. The molecule has 1 aliphatic heterocycles. The van der Waals surface area contributed by atoms with E-state index in [0.29, 0.717) is 12.1 Å². The number of benzene rings is 2. The first kappa shape index (κ1) is 19.1.